The van der Waals surface area contributed by atoms with Crippen LogP contribution in [0.3, 0.4) is 0 Å². The second kappa shape index (κ2) is 13.6. The molecule has 0 aliphatic rings. The maximum absolute atomic E-state index is 13.3. The van der Waals surface area contributed by atoms with Gasteiger partial charge in [-0.25, -0.2) is 4.79 Å². The van der Waals surface area contributed by atoms with E-state index in [4.69, 9.17) is 5.73 Å². The van der Waals surface area contributed by atoms with Crippen molar-refractivity contribution in [3.8, 4) is 5.75 Å². The lowest BCUT2D eigenvalue weighted by Crippen LogP contribution is -2.57. The Morgan fingerprint density at radius 3 is 2.23 bits per heavy atom. The van der Waals surface area contributed by atoms with Crippen molar-refractivity contribution in [2.24, 2.45) is 11.7 Å². The molecule has 0 saturated carbocycles. The molecular formula is C29H37N5O6. The zero-order valence-electron chi connectivity index (χ0n) is 22.8. The highest BCUT2D eigenvalue weighted by molar-refractivity contribution is 5.94. The van der Waals surface area contributed by atoms with Gasteiger partial charge in [0.25, 0.3) is 0 Å². The van der Waals surface area contributed by atoms with Crippen molar-refractivity contribution in [2.45, 2.75) is 64.2 Å². The van der Waals surface area contributed by atoms with Gasteiger partial charge in [0.15, 0.2) is 0 Å². The summed E-state index contributed by atoms with van der Waals surface area (Å²) in [6.07, 6.45) is 2.56. The number of aliphatic carboxylic acids is 1. The summed E-state index contributed by atoms with van der Waals surface area (Å²) in [5.74, 6) is -3.23. The number of nitrogens with two attached hydrogens (primary N) is 1. The number of aromatic amines is 1. The molecule has 3 aromatic rings. The molecule has 1 heterocycles. The molecule has 3 rings (SSSR count). The maximum Gasteiger partial charge on any atom is 0.326 e. The van der Waals surface area contributed by atoms with Crippen molar-refractivity contribution in [1.29, 1.82) is 0 Å². The number of carbonyl (C=O) groups excluding carboxylic acids is 3. The van der Waals surface area contributed by atoms with Crippen LogP contribution in [-0.2, 0) is 32.0 Å². The summed E-state index contributed by atoms with van der Waals surface area (Å²) in [7, 11) is 0. The van der Waals surface area contributed by atoms with Crippen molar-refractivity contribution >= 4 is 34.6 Å². The first-order valence-corrected chi connectivity index (χ1v) is 13.2. The smallest absolute Gasteiger partial charge is 0.326 e. The van der Waals surface area contributed by atoms with E-state index in [-0.39, 0.29) is 24.5 Å². The predicted octanol–water partition coefficient (Wildman–Crippen LogP) is 1.59. The third kappa shape index (κ3) is 7.82. The van der Waals surface area contributed by atoms with Crippen LogP contribution in [-0.4, -0.2) is 63.1 Å². The van der Waals surface area contributed by atoms with E-state index in [0.717, 1.165) is 22.0 Å². The Kier molecular flexibility index (Phi) is 10.3. The summed E-state index contributed by atoms with van der Waals surface area (Å²) < 4.78 is 0. The summed E-state index contributed by atoms with van der Waals surface area (Å²) in [6.45, 7) is 5.03. The quantitative estimate of drug-likeness (QED) is 0.168. The normalized spacial score (nSPS) is 14.9. The highest BCUT2D eigenvalue weighted by atomic mass is 16.4. The van der Waals surface area contributed by atoms with E-state index in [0.29, 0.717) is 6.42 Å². The van der Waals surface area contributed by atoms with E-state index in [1.54, 1.807) is 25.3 Å². The number of phenolic OH excluding ortho intramolecular Hbond substituents is 1. The van der Waals surface area contributed by atoms with E-state index in [1.807, 2.05) is 31.2 Å². The van der Waals surface area contributed by atoms with Crippen LogP contribution in [0.2, 0.25) is 0 Å². The number of carboxylic acid groups (broad SMARTS) is 1. The number of rotatable bonds is 13. The second-order valence-electron chi connectivity index (χ2n) is 10.0. The van der Waals surface area contributed by atoms with Crippen LogP contribution in [0.5, 0.6) is 5.75 Å². The van der Waals surface area contributed by atoms with E-state index < -0.39 is 47.9 Å². The van der Waals surface area contributed by atoms with Gasteiger partial charge in [-0.3, -0.25) is 14.4 Å². The van der Waals surface area contributed by atoms with Crippen LogP contribution in [0, 0.1) is 5.92 Å². The van der Waals surface area contributed by atoms with Crippen LogP contribution in [0.4, 0.5) is 0 Å². The summed E-state index contributed by atoms with van der Waals surface area (Å²) in [5.41, 5.74) is 8.38. The Morgan fingerprint density at radius 1 is 0.900 bits per heavy atom. The Bertz CT molecular complexity index is 1340. The number of aromatic nitrogens is 1. The molecule has 11 heteroatoms. The van der Waals surface area contributed by atoms with E-state index >= 15 is 0 Å². The monoisotopic (exact) mass is 551 g/mol. The van der Waals surface area contributed by atoms with Crippen molar-refractivity contribution in [3.05, 3.63) is 65.9 Å². The van der Waals surface area contributed by atoms with E-state index in [9.17, 15) is 29.4 Å². The van der Waals surface area contributed by atoms with E-state index in [1.165, 1.54) is 19.1 Å². The largest absolute Gasteiger partial charge is 0.508 e. The minimum Gasteiger partial charge on any atom is -0.508 e. The van der Waals surface area contributed by atoms with Gasteiger partial charge in [0.2, 0.25) is 17.7 Å². The Morgan fingerprint density at radius 2 is 1.57 bits per heavy atom. The topological polar surface area (TPSA) is 187 Å². The van der Waals surface area contributed by atoms with Crippen LogP contribution in [0.25, 0.3) is 10.9 Å². The summed E-state index contributed by atoms with van der Waals surface area (Å²) >= 11 is 0. The van der Waals surface area contributed by atoms with E-state index in [2.05, 4.69) is 20.9 Å². The Labute approximate surface area is 232 Å². The molecule has 0 saturated heterocycles. The average Bonchev–Trinajstić information content (AvgIpc) is 3.34. The highest BCUT2D eigenvalue weighted by Gasteiger charge is 2.31. The van der Waals surface area contributed by atoms with Gasteiger partial charge in [-0.2, -0.15) is 0 Å². The molecule has 2 aromatic carbocycles. The highest BCUT2D eigenvalue weighted by Crippen LogP contribution is 2.20. The fraction of sp³-hybridized carbons (Fsp3) is 0.379. The lowest BCUT2D eigenvalue weighted by molar-refractivity contribution is -0.143. The number of carboxylic acids is 1. The number of hydrogen-bond donors (Lipinski definition) is 7. The molecule has 0 fully saturated rings. The number of H-pyrrole nitrogens is 1. The lowest BCUT2D eigenvalue weighted by Gasteiger charge is -2.25. The van der Waals surface area contributed by atoms with Gasteiger partial charge < -0.3 is 36.9 Å². The van der Waals surface area contributed by atoms with Gasteiger partial charge in [0.1, 0.15) is 23.9 Å². The minimum atomic E-state index is -1.16. The second-order valence-corrected chi connectivity index (χ2v) is 10.0. The maximum atomic E-state index is 13.3. The standard InChI is InChI=1S/C29H37N5O6/c1-4-16(2)25(29(39)40)34-28(38)24(14-19-15-31-23-8-6-5-7-21(19)23)33-26(36)17(3)32-27(37)22(30)13-18-9-11-20(35)12-10-18/h5-12,15-17,22,24-25,31,35H,4,13-14,30H2,1-3H3,(H,32,37)(H,33,36)(H,34,38)(H,39,40). The summed E-state index contributed by atoms with van der Waals surface area (Å²) in [4.78, 5) is 54.1. The number of phenols is 1. The fourth-order valence-electron chi connectivity index (χ4n) is 4.33. The first-order chi connectivity index (χ1) is 19.0. The number of hydrogen-bond acceptors (Lipinski definition) is 6. The lowest BCUT2D eigenvalue weighted by atomic mass is 9.98. The van der Waals surface area contributed by atoms with Crippen molar-refractivity contribution in [1.82, 2.24) is 20.9 Å². The molecule has 11 nitrogen and oxygen atoms in total. The van der Waals surface area contributed by atoms with Crippen LogP contribution >= 0.6 is 0 Å². The number of aromatic hydroxyl groups is 1. The molecule has 0 radical (unpaired) electrons. The molecule has 0 aliphatic heterocycles. The molecule has 5 atom stereocenters. The van der Waals surface area contributed by atoms with Gasteiger partial charge in [-0.15, -0.1) is 0 Å². The molecule has 8 N–H and O–H groups in total. The first-order valence-electron chi connectivity index (χ1n) is 13.2. The van der Waals surface area contributed by atoms with Crippen molar-refractivity contribution in [2.75, 3.05) is 0 Å². The number of para-hydroxylation sites is 1. The summed E-state index contributed by atoms with van der Waals surface area (Å²) in [6, 6.07) is 9.56. The van der Waals surface area contributed by atoms with Gasteiger partial charge in [0, 0.05) is 23.5 Å². The van der Waals surface area contributed by atoms with Crippen LogP contribution in [0.15, 0.2) is 54.7 Å². The van der Waals surface area contributed by atoms with Crippen molar-refractivity contribution < 1.29 is 29.4 Å². The average molecular weight is 552 g/mol. The number of amides is 3. The van der Waals surface area contributed by atoms with Crippen molar-refractivity contribution in [3.63, 3.8) is 0 Å². The van der Waals surface area contributed by atoms with Gasteiger partial charge in [-0.05, 0) is 48.6 Å². The zero-order valence-corrected chi connectivity index (χ0v) is 22.8. The third-order valence-electron chi connectivity index (χ3n) is 6.99. The molecule has 5 unspecified atom stereocenters. The Hall–Kier alpha value is -4.38. The number of benzene rings is 2. The third-order valence-corrected chi connectivity index (χ3v) is 6.99. The zero-order chi connectivity index (χ0) is 29.4. The van der Waals surface area contributed by atoms with Crippen LogP contribution < -0.4 is 21.7 Å². The molecule has 3 amide bonds. The molecule has 214 valence electrons. The van der Waals surface area contributed by atoms with Gasteiger partial charge >= 0.3 is 5.97 Å². The molecule has 40 heavy (non-hydrogen) atoms. The fourth-order valence-corrected chi connectivity index (χ4v) is 4.33. The first kappa shape index (κ1) is 30.2. The number of carbonyl (C=O) groups is 4. The van der Waals surface area contributed by atoms with Crippen LogP contribution in [0.1, 0.15) is 38.3 Å². The molecule has 1 aromatic heterocycles. The Balaban J connectivity index is 1.73. The number of fused-ring (bicyclic) bond motifs is 1. The SMILES string of the molecule is CCC(C)C(NC(=O)C(Cc1c[nH]c2ccccc12)NC(=O)C(C)NC(=O)C(N)Cc1ccc(O)cc1)C(=O)O. The minimum absolute atomic E-state index is 0.0927. The molecule has 0 spiro atoms. The predicted molar refractivity (Wildman–Crippen MR) is 150 cm³/mol. The van der Waals surface area contributed by atoms with Gasteiger partial charge in [0.05, 0.1) is 6.04 Å². The molecular weight excluding hydrogens is 514 g/mol. The summed E-state index contributed by atoms with van der Waals surface area (Å²) in [5, 5.41) is 27.8. The molecule has 0 aliphatic carbocycles. The molecule has 0 bridgehead atoms. The number of nitrogens with one attached hydrogen (secondary N) is 4. The van der Waals surface area contributed by atoms with Gasteiger partial charge in [-0.1, -0.05) is 50.6 Å².